The Kier molecular flexibility index (Phi) is 6.40. The third kappa shape index (κ3) is 4.78. The van der Waals surface area contributed by atoms with Crippen LogP contribution >= 0.6 is 11.3 Å². The number of fused-ring (bicyclic) bond motifs is 1. The molecule has 0 radical (unpaired) electrons. The van der Waals surface area contributed by atoms with Gasteiger partial charge in [-0.1, -0.05) is 6.07 Å². The minimum atomic E-state index is -5.08. The third-order valence-corrected chi connectivity index (χ3v) is 5.65. The van der Waals surface area contributed by atoms with Crippen LogP contribution in [0.3, 0.4) is 0 Å². The van der Waals surface area contributed by atoms with Crippen molar-refractivity contribution in [3.05, 3.63) is 52.5 Å². The number of alkyl halides is 3. The Morgan fingerprint density at radius 2 is 2.00 bits per heavy atom. The smallest absolute Gasteiger partial charge is 0.475 e. The molecule has 2 atom stereocenters. The second-order valence-corrected chi connectivity index (χ2v) is 7.60. The van der Waals surface area contributed by atoms with E-state index in [0.717, 1.165) is 24.1 Å². The summed E-state index contributed by atoms with van der Waals surface area (Å²) in [5.74, 6) is -2.58. The van der Waals surface area contributed by atoms with Gasteiger partial charge in [0.2, 0.25) is 5.91 Å². The number of amides is 2. The fourth-order valence-electron chi connectivity index (χ4n) is 3.63. The Morgan fingerprint density at radius 3 is 2.57 bits per heavy atom. The molecule has 30 heavy (non-hydrogen) atoms. The van der Waals surface area contributed by atoms with Crippen LogP contribution in [0.4, 0.5) is 13.2 Å². The lowest BCUT2D eigenvalue weighted by molar-refractivity contribution is -0.192. The first kappa shape index (κ1) is 21.8. The molecule has 1 N–H and O–H groups in total. The largest absolute Gasteiger partial charge is 0.490 e. The normalized spacial score (nSPS) is 20.6. The molecule has 7 nitrogen and oxygen atoms in total. The maximum absolute atomic E-state index is 12.6. The number of carbonyl (C=O) groups excluding carboxylic acids is 2. The van der Waals surface area contributed by atoms with Gasteiger partial charge in [0.25, 0.3) is 5.91 Å². The van der Waals surface area contributed by atoms with Crippen molar-refractivity contribution in [2.45, 2.75) is 37.6 Å². The van der Waals surface area contributed by atoms with E-state index in [9.17, 15) is 22.8 Å². The second-order valence-electron chi connectivity index (χ2n) is 6.82. The molecule has 2 fully saturated rings. The van der Waals surface area contributed by atoms with Gasteiger partial charge in [-0.2, -0.15) is 24.5 Å². The van der Waals surface area contributed by atoms with E-state index in [1.54, 1.807) is 12.4 Å². The number of carbonyl (C=O) groups is 3. The van der Waals surface area contributed by atoms with Crippen LogP contribution in [0.25, 0.3) is 0 Å². The Hall–Kier alpha value is -2.95. The molecule has 2 unspecified atom stereocenters. The summed E-state index contributed by atoms with van der Waals surface area (Å²) in [7, 11) is 0. The van der Waals surface area contributed by atoms with Gasteiger partial charge in [0.1, 0.15) is 0 Å². The first-order chi connectivity index (χ1) is 14.2. The summed E-state index contributed by atoms with van der Waals surface area (Å²) in [6.07, 6.45) is -0.272. The van der Waals surface area contributed by atoms with Crippen molar-refractivity contribution in [1.29, 1.82) is 0 Å². The molecule has 2 aromatic heterocycles. The summed E-state index contributed by atoms with van der Waals surface area (Å²) in [5, 5.41) is 10.9. The zero-order valence-electron chi connectivity index (χ0n) is 15.6. The number of thiophene rings is 1. The number of pyridine rings is 1. The number of aliphatic carboxylic acids is 1. The predicted molar refractivity (Wildman–Crippen MR) is 101 cm³/mol. The number of carboxylic acid groups (broad SMARTS) is 1. The molecule has 2 saturated heterocycles. The van der Waals surface area contributed by atoms with Crippen LogP contribution in [-0.4, -0.2) is 62.5 Å². The molecule has 2 aliphatic heterocycles. The van der Waals surface area contributed by atoms with Gasteiger partial charge in [-0.3, -0.25) is 14.6 Å². The minimum absolute atomic E-state index is 0.00608. The van der Waals surface area contributed by atoms with Gasteiger partial charge >= 0.3 is 12.1 Å². The number of carboxylic acids is 1. The highest BCUT2D eigenvalue weighted by molar-refractivity contribution is 7.08. The van der Waals surface area contributed by atoms with Gasteiger partial charge in [-0.15, -0.1) is 0 Å². The molecule has 2 aromatic rings. The van der Waals surface area contributed by atoms with Crippen LogP contribution in [-0.2, 0) is 16.1 Å². The van der Waals surface area contributed by atoms with Crippen molar-refractivity contribution in [1.82, 2.24) is 14.8 Å². The van der Waals surface area contributed by atoms with Gasteiger partial charge in [0.15, 0.2) is 0 Å². The summed E-state index contributed by atoms with van der Waals surface area (Å²) in [6, 6.07) is 5.85. The molecular weight excluding hydrogens is 423 g/mol. The van der Waals surface area contributed by atoms with Crippen LogP contribution in [0.1, 0.15) is 28.8 Å². The van der Waals surface area contributed by atoms with E-state index in [0.29, 0.717) is 13.0 Å². The minimum Gasteiger partial charge on any atom is -0.475 e. The van der Waals surface area contributed by atoms with Gasteiger partial charge in [-0.25, -0.2) is 4.79 Å². The topological polar surface area (TPSA) is 90.8 Å². The molecule has 4 heterocycles. The molecule has 0 aromatic carbocycles. The first-order valence-electron chi connectivity index (χ1n) is 9.00. The quantitative estimate of drug-likeness (QED) is 0.791. The van der Waals surface area contributed by atoms with Crippen molar-refractivity contribution in [2.75, 3.05) is 6.54 Å². The van der Waals surface area contributed by atoms with E-state index in [1.807, 2.05) is 38.8 Å². The molecule has 0 saturated carbocycles. The summed E-state index contributed by atoms with van der Waals surface area (Å²) in [5.41, 5.74) is 1.76. The Labute approximate surface area is 173 Å². The van der Waals surface area contributed by atoms with Gasteiger partial charge in [0.05, 0.1) is 17.6 Å². The molecule has 11 heteroatoms. The van der Waals surface area contributed by atoms with Gasteiger partial charge in [0, 0.05) is 37.3 Å². The Balaban J connectivity index is 0.000000318. The number of nitrogens with zero attached hydrogens (tertiary/aromatic N) is 3. The van der Waals surface area contributed by atoms with Crippen molar-refractivity contribution >= 4 is 29.1 Å². The molecule has 160 valence electrons. The van der Waals surface area contributed by atoms with Crippen molar-refractivity contribution in [3.63, 3.8) is 0 Å². The number of aromatic nitrogens is 1. The number of hydrogen-bond donors (Lipinski definition) is 1. The van der Waals surface area contributed by atoms with Gasteiger partial charge < -0.3 is 14.9 Å². The zero-order chi connectivity index (χ0) is 21.9. The fraction of sp³-hybridized carbons (Fsp3) is 0.368. The van der Waals surface area contributed by atoms with E-state index in [1.165, 1.54) is 11.3 Å². The lowest BCUT2D eigenvalue weighted by atomic mass is 10.1. The molecule has 0 bridgehead atoms. The van der Waals surface area contributed by atoms with Crippen molar-refractivity contribution < 1.29 is 32.7 Å². The van der Waals surface area contributed by atoms with Gasteiger partial charge in [-0.05, 0) is 29.5 Å². The molecule has 2 aliphatic rings. The maximum Gasteiger partial charge on any atom is 0.490 e. The molecule has 0 aliphatic carbocycles. The number of hydrogen-bond acceptors (Lipinski definition) is 5. The molecule has 0 spiro atoms. The monoisotopic (exact) mass is 441 g/mol. The predicted octanol–water partition coefficient (Wildman–Crippen LogP) is 2.79. The van der Waals surface area contributed by atoms with Crippen molar-refractivity contribution in [2.24, 2.45) is 0 Å². The van der Waals surface area contributed by atoms with Crippen molar-refractivity contribution in [3.8, 4) is 0 Å². The standard InChI is InChI=1S/C17H17N3O2S.C2HF3O2/c21-16-8-15-14(20(16)10-12-2-1-5-18-9-12)3-6-19(15)17(22)13-4-7-23-11-13;3-2(4,5)1(6)7/h1-2,4-5,7,9,11,14-15H,3,6,8,10H2;(H,6,7). The Morgan fingerprint density at radius 1 is 1.27 bits per heavy atom. The first-order valence-corrected chi connectivity index (χ1v) is 9.94. The number of halogens is 3. The molecule has 4 rings (SSSR count). The SMILES string of the molecule is O=C(O)C(F)(F)F.O=C1CC2C(CCN2C(=O)c2ccsc2)N1Cc1cccnc1. The van der Waals surface area contributed by atoms with Crippen LogP contribution < -0.4 is 0 Å². The lowest BCUT2D eigenvalue weighted by Crippen LogP contribution is -2.39. The molecular formula is C19H18F3N3O4S. The van der Waals surface area contributed by atoms with Crippen LogP contribution in [0.5, 0.6) is 0 Å². The van der Waals surface area contributed by atoms with E-state index in [-0.39, 0.29) is 23.9 Å². The van der Waals surface area contributed by atoms with Crippen LogP contribution in [0.15, 0.2) is 41.4 Å². The second kappa shape index (κ2) is 8.82. The third-order valence-electron chi connectivity index (χ3n) is 4.96. The highest BCUT2D eigenvalue weighted by atomic mass is 32.1. The summed E-state index contributed by atoms with van der Waals surface area (Å²) in [6.45, 7) is 1.30. The molecule has 2 amide bonds. The number of rotatable bonds is 3. The van der Waals surface area contributed by atoms with Crippen LogP contribution in [0.2, 0.25) is 0 Å². The summed E-state index contributed by atoms with van der Waals surface area (Å²) >= 11 is 1.52. The van der Waals surface area contributed by atoms with E-state index in [2.05, 4.69) is 4.98 Å². The summed E-state index contributed by atoms with van der Waals surface area (Å²) in [4.78, 5) is 41.8. The zero-order valence-corrected chi connectivity index (χ0v) is 16.4. The fourth-order valence-corrected chi connectivity index (χ4v) is 4.26. The average molecular weight is 441 g/mol. The van der Waals surface area contributed by atoms with E-state index < -0.39 is 12.1 Å². The maximum atomic E-state index is 12.6. The summed E-state index contributed by atoms with van der Waals surface area (Å²) < 4.78 is 31.7. The highest BCUT2D eigenvalue weighted by Gasteiger charge is 2.48. The van der Waals surface area contributed by atoms with E-state index >= 15 is 0 Å². The highest BCUT2D eigenvalue weighted by Crippen LogP contribution is 2.34. The van der Waals surface area contributed by atoms with Crippen LogP contribution in [0, 0.1) is 0 Å². The average Bonchev–Trinajstić information content (AvgIpc) is 3.41. The Bertz CT molecular complexity index is 906. The number of likely N-dealkylation sites (tertiary alicyclic amines) is 2. The lowest BCUT2D eigenvalue weighted by Gasteiger charge is -2.25. The van der Waals surface area contributed by atoms with E-state index in [4.69, 9.17) is 9.90 Å².